The number of nitrogens with one attached hydrogen (secondary N) is 1. The number of rotatable bonds is 4. The van der Waals surface area contributed by atoms with Crippen molar-refractivity contribution in [2.45, 2.75) is 11.3 Å². The smallest absolute Gasteiger partial charge is 0.230 e. The Morgan fingerprint density at radius 3 is 2.60 bits per heavy atom. The Kier molecular flexibility index (Phi) is 4.53. The van der Waals surface area contributed by atoms with Crippen LogP contribution in [0.25, 0.3) is 10.2 Å². The highest BCUT2D eigenvalue weighted by Crippen LogP contribution is 2.28. The van der Waals surface area contributed by atoms with Crippen molar-refractivity contribution >= 4 is 42.4 Å². The summed E-state index contributed by atoms with van der Waals surface area (Å²) in [6.45, 7) is 0. The fraction of sp³-hybridized carbons (Fsp3) is 0.125. The van der Waals surface area contributed by atoms with E-state index in [2.05, 4.69) is 10.3 Å². The van der Waals surface area contributed by atoms with Crippen molar-refractivity contribution < 1.29 is 22.0 Å². The van der Waals surface area contributed by atoms with Crippen molar-refractivity contribution in [2.24, 2.45) is 0 Å². The van der Waals surface area contributed by atoms with E-state index in [1.54, 1.807) is 6.07 Å². The highest BCUT2D eigenvalue weighted by molar-refractivity contribution is 7.90. The van der Waals surface area contributed by atoms with Gasteiger partial charge in [-0.2, -0.15) is 0 Å². The highest BCUT2D eigenvalue weighted by atomic mass is 32.2. The number of fused-ring (bicyclic) bond motifs is 1. The van der Waals surface area contributed by atoms with Crippen LogP contribution in [0, 0.1) is 11.6 Å². The molecule has 1 heterocycles. The quantitative estimate of drug-likeness (QED) is 0.752. The van der Waals surface area contributed by atoms with Crippen LogP contribution in [0.2, 0.25) is 0 Å². The zero-order chi connectivity index (χ0) is 18.2. The second kappa shape index (κ2) is 6.49. The van der Waals surface area contributed by atoms with Gasteiger partial charge in [-0.3, -0.25) is 4.79 Å². The number of amides is 1. The molecule has 1 aromatic heterocycles. The van der Waals surface area contributed by atoms with Crippen LogP contribution >= 0.6 is 11.3 Å². The van der Waals surface area contributed by atoms with E-state index in [-0.39, 0.29) is 11.3 Å². The van der Waals surface area contributed by atoms with Gasteiger partial charge >= 0.3 is 0 Å². The lowest BCUT2D eigenvalue weighted by molar-refractivity contribution is -0.115. The number of hydrogen-bond acceptors (Lipinski definition) is 5. The molecule has 0 saturated heterocycles. The van der Waals surface area contributed by atoms with Crippen LogP contribution in [0.1, 0.15) is 5.56 Å². The van der Waals surface area contributed by atoms with E-state index in [1.165, 1.54) is 18.2 Å². The summed E-state index contributed by atoms with van der Waals surface area (Å²) in [5.41, 5.74) is 0.886. The summed E-state index contributed by atoms with van der Waals surface area (Å²) in [5, 5.41) is 2.87. The van der Waals surface area contributed by atoms with Crippen molar-refractivity contribution in [3.8, 4) is 0 Å². The van der Waals surface area contributed by atoms with Gasteiger partial charge in [-0.05, 0) is 35.9 Å². The summed E-state index contributed by atoms with van der Waals surface area (Å²) in [6.07, 6.45) is 0.974. The fourth-order valence-corrected chi connectivity index (χ4v) is 3.83. The van der Waals surface area contributed by atoms with Crippen LogP contribution < -0.4 is 5.32 Å². The molecule has 0 aliphatic rings. The van der Waals surface area contributed by atoms with Gasteiger partial charge in [0, 0.05) is 6.26 Å². The molecule has 0 spiro atoms. The summed E-state index contributed by atoms with van der Waals surface area (Å²) in [6, 6.07) is 7.76. The zero-order valence-electron chi connectivity index (χ0n) is 12.9. The van der Waals surface area contributed by atoms with Gasteiger partial charge in [-0.25, -0.2) is 22.2 Å². The molecule has 0 saturated carbocycles. The molecule has 2 aromatic carbocycles. The van der Waals surface area contributed by atoms with Crippen molar-refractivity contribution in [1.29, 1.82) is 0 Å². The second-order valence-corrected chi connectivity index (χ2v) is 8.44. The predicted octanol–water partition coefficient (Wildman–Crippen LogP) is 3.16. The number of carbonyl (C=O) groups excluding carboxylic acids is 1. The van der Waals surface area contributed by atoms with Crippen LogP contribution in [0.3, 0.4) is 0 Å². The molecule has 3 aromatic rings. The fourth-order valence-electron chi connectivity index (χ4n) is 2.19. The van der Waals surface area contributed by atoms with Crippen molar-refractivity contribution in [2.75, 3.05) is 11.6 Å². The van der Waals surface area contributed by atoms with Crippen LogP contribution in [-0.4, -0.2) is 25.6 Å². The first-order chi connectivity index (χ1) is 11.7. The molecule has 1 N–H and O–H groups in total. The number of halogens is 2. The average molecular weight is 382 g/mol. The number of hydrogen-bond donors (Lipinski definition) is 1. The SMILES string of the molecule is CS(=O)(=O)c1ccc2nc(NC(=O)Cc3ccc(F)c(F)c3)sc2c1. The number of aromatic nitrogens is 1. The Morgan fingerprint density at radius 2 is 1.92 bits per heavy atom. The van der Waals surface area contributed by atoms with Gasteiger partial charge in [0.1, 0.15) is 0 Å². The molecule has 25 heavy (non-hydrogen) atoms. The third-order valence-corrected chi connectivity index (χ3v) is 5.43. The van der Waals surface area contributed by atoms with Gasteiger partial charge in [0.2, 0.25) is 5.91 Å². The lowest BCUT2D eigenvalue weighted by Crippen LogP contribution is -2.14. The maximum Gasteiger partial charge on any atom is 0.230 e. The van der Waals surface area contributed by atoms with Crippen molar-refractivity contribution in [3.63, 3.8) is 0 Å². The van der Waals surface area contributed by atoms with E-state index < -0.39 is 27.4 Å². The van der Waals surface area contributed by atoms with Crippen LogP contribution in [0.5, 0.6) is 0 Å². The van der Waals surface area contributed by atoms with E-state index in [9.17, 15) is 22.0 Å². The molecule has 9 heteroatoms. The normalized spacial score (nSPS) is 11.6. The molecule has 0 atom stereocenters. The summed E-state index contributed by atoms with van der Waals surface area (Å²) < 4.78 is 49.8. The second-order valence-electron chi connectivity index (χ2n) is 5.39. The molecular formula is C16H12F2N2O3S2. The largest absolute Gasteiger partial charge is 0.302 e. The number of sulfone groups is 1. The molecule has 1 amide bonds. The Morgan fingerprint density at radius 1 is 1.16 bits per heavy atom. The van der Waals surface area contributed by atoms with Gasteiger partial charge in [-0.15, -0.1) is 0 Å². The Bertz CT molecular complexity index is 1080. The third-order valence-electron chi connectivity index (χ3n) is 3.38. The van der Waals surface area contributed by atoms with Gasteiger partial charge in [0.25, 0.3) is 0 Å². The maximum atomic E-state index is 13.2. The minimum atomic E-state index is -3.33. The molecule has 0 aliphatic heterocycles. The average Bonchev–Trinajstić information content (AvgIpc) is 2.91. The Labute approximate surface area is 146 Å². The topological polar surface area (TPSA) is 76.1 Å². The van der Waals surface area contributed by atoms with Gasteiger partial charge in [0.15, 0.2) is 26.6 Å². The molecule has 0 radical (unpaired) electrons. The minimum Gasteiger partial charge on any atom is -0.302 e. The molecule has 0 unspecified atom stereocenters. The van der Waals surface area contributed by atoms with Crippen molar-refractivity contribution in [3.05, 3.63) is 53.6 Å². The predicted molar refractivity (Wildman–Crippen MR) is 91.4 cm³/mol. The molecular weight excluding hydrogens is 370 g/mol. The number of carbonyl (C=O) groups is 1. The molecule has 5 nitrogen and oxygen atoms in total. The molecule has 3 rings (SSSR count). The zero-order valence-corrected chi connectivity index (χ0v) is 14.5. The lowest BCUT2D eigenvalue weighted by Gasteiger charge is -2.02. The lowest BCUT2D eigenvalue weighted by atomic mass is 10.1. The summed E-state index contributed by atoms with van der Waals surface area (Å²) in [7, 11) is -3.33. The van der Waals surface area contributed by atoms with E-state index in [4.69, 9.17) is 0 Å². The summed E-state index contributed by atoms with van der Waals surface area (Å²) in [4.78, 5) is 16.4. The Hall–Kier alpha value is -2.39. The molecule has 0 fully saturated rings. The third kappa shape index (κ3) is 3.99. The van der Waals surface area contributed by atoms with Crippen LogP contribution in [0.15, 0.2) is 41.3 Å². The molecule has 0 aliphatic carbocycles. The minimum absolute atomic E-state index is 0.137. The van der Waals surface area contributed by atoms with Crippen LogP contribution in [-0.2, 0) is 21.1 Å². The summed E-state index contributed by atoms with van der Waals surface area (Å²) in [5.74, 6) is -2.43. The highest BCUT2D eigenvalue weighted by Gasteiger charge is 2.13. The number of nitrogens with zero attached hydrogens (tertiary/aromatic N) is 1. The van der Waals surface area contributed by atoms with E-state index in [0.29, 0.717) is 20.9 Å². The first-order valence-corrected chi connectivity index (χ1v) is 9.77. The Balaban J connectivity index is 1.78. The molecule has 130 valence electrons. The molecule has 0 bridgehead atoms. The first kappa shape index (κ1) is 17.4. The standard InChI is InChI=1S/C16H12F2N2O3S2/c1-25(22,23)10-3-5-13-14(8-10)24-16(19-13)20-15(21)7-9-2-4-11(17)12(18)6-9/h2-6,8H,7H2,1H3,(H,19,20,21). The van der Waals surface area contributed by atoms with Gasteiger partial charge in [0.05, 0.1) is 21.5 Å². The van der Waals surface area contributed by atoms with E-state index in [0.717, 1.165) is 29.7 Å². The maximum absolute atomic E-state index is 13.2. The van der Waals surface area contributed by atoms with Crippen molar-refractivity contribution in [1.82, 2.24) is 4.98 Å². The number of thiazole rings is 1. The monoisotopic (exact) mass is 382 g/mol. The van der Waals surface area contributed by atoms with E-state index >= 15 is 0 Å². The van der Waals surface area contributed by atoms with Gasteiger partial charge in [-0.1, -0.05) is 17.4 Å². The number of benzene rings is 2. The summed E-state index contributed by atoms with van der Waals surface area (Å²) >= 11 is 1.13. The van der Waals surface area contributed by atoms with Crippen LogP contribution in [0.4, 0.5) is 13.9 Å². The number of anilines is 1. The van der Waals surface area contributed by atoms with E-state index in [1.807, 2.05) is 0 Å². The first-order valence-electron chi connectivity index (χ1n) is 7.07. The van der Waals surface area contributed by atoms with Gasteiger partial charge < -0.3 is 5.32 Å².